The second kappa shape index (κ2) is 7.19. The molecule has 2 aromatic heterocycles. The van der Waals surface area contributed by atoms with E-state index in [1.54, 1.807) is 7.11 Å². The lowest BCUT2D eigenvalue weighted by Gasteiger charge is -2.39. The Morgan fingerprint density at radius 2 is 1.92 bits per heavy atom. The highest BCUT2D eigenvalue weighted by Gasteiger charge is 2.46. The largest absolute Gasteiger partial charge is 0.383 e. The lowest BCUT2D eigenvalue weighted by molar-refractivity contribution is 0.166. The van der Waals surface area contributed by atoms with Crippen LogP contribution in [-0.4, -0.2) is 54.3 Å². The van der Waals surface area contributed by atoms with Crippen LogP contribution in [0.15, 0.2) is 36.7 Å². The van der Waals surface area contributed by atoms with Crippen LogP contribution in [0.5, 0.6) is 0 Å². The van der Waals surface area contributed by atoms with Gasteiger partial charge in [-0.3, -0.25) is 0 Å². The van der Waals surface area contributed by atoms with Gasteiger partial charge in [-0.15, -0.1) is 0 Å². The van der Waals surface area contributed by atoms with Gasteiger partial charge < -0.3 is 14.5 Å². The van der Waals surface area contributed by atoms with Gasteiger partial charge in [0.15, 0.2) is 0 Å². The van der Waals surface area contributed by atoms with Crippen molar-refractivity contribution in [1.29, 1.82) is 0 Å². The van der Waals surface area contributed by atoms with Crippen LogP contribution in [0, 0.1) is 12.3 Å². The minimum Gasteiger partial charge on any atom is -0.383 e. The van der Waals surface area contributed by atoms with Crippen molar-refractivity contribution < 1.29 is 4.74 Å². The van der Waals surface area contributed by atoms with Crippen LogP contribution in [0.4, 0.5) is 11.8 Å². The zero-order chi connectivity index (χ0) is 18.0. The normalized spacial score (nSPS) is 22.2. The van der Waals surface area contributed by atoms with Gasteiger partial charge in [0.25, 0.3) is 0 Å². The first-order chi connectivity index (χ1) is 12.7. The molecule has 0 N–H and O–H groups in total. The highest BCUT2D eigenvalue weighted by atomic mass is 16.5. The van der Waals surface area contributed by atoms with Crippen molar-refractivity contribution in [3.05, 3.63) is 42.4 Å². The quantitative estimate of drug-likeness (QED) is 0.842. The Labute approximate surface area is 155 Å². The van der Waals surface area contributed by atoms with E-state index in [9.17, 15) is 0 Å². The molecule has 138 valence electrons. The first-order valence-electron chi connectivity index (χ1n) is 9.40. The van der Waals surface area contributed by atoms with E-state index in [-0.39, 0.29) is 0 Å². The van der Waals surface area contributed by atoms with Crippen molar-refractivity contribution in [1.82, 2.24) is 15.0 Å². The van der Waals surface area contributed by atoms with Gasteiger partial charge in [-0.2, -0.15) is 0 Å². The van der Waals surface area contributed by atoms with Crippen LogP contribution < -0.4 is 9.80 Å². The number of aromatic nitrogens is 3. The Hall–Kier alpha value is -2.21. The summed E-state index contributed by atoms with van der Waals surface area (Å²) in [4.78, 5) is 18.4. The number of methoxy groups -OCH3 is 1. The van der Waals surface area contributed by atoms with Gasteiger partial charge in [0, 0.05) is 44.8 Å². The molecule has 4 heterocycles. The Kier molecular flexibility index (Phi) is 4.76. The van der Waals surface area contributed by atoms with Crippen LogP contribution in [0.25, 0.3) is 0 Å². The van der Waals surface area contributed by atoms with Crippen LogP contribution in [0.3, 0.4) is 0 Å². The van der Waals surface area contributed by atoms with Gasteiger partial charge in [-0.25, -0.2) is 15.0 Å². The minimum atomic E-state index is 0.322. The van der Waals surface area contributed by atoms with Gasteiger partial charge in [-0.1, -0.05) is 6.07 Å². The summed E-state index contributed by atoms with van der Waals surface area (Å²) >= 11 is 0. The number of piperidine rings is 1. The van der Waals surface area contributed by atoms with Crippen molar-refractivity contribution in [3.63, 3.8) is 0 Å². The van der Waals surface area contributed by atoms with E-state index in [2.05, 4.69) is 44.9 Å². The highest BCUT2D eigenvalue weighted by Crippen LogP contribution is 2.44. The SMILES string of the molecule is COC[C@@H]1CC2(CCN(c3cccc(C)n3)CC2)CN1c1ncccn1. The monoisotopic (exact) mass is 353 g/mol. The number of ether oxygens (including phenoxy) is 1. The third-order valence-electron chi connectivity index (χ3n) is 5.80. The second-order valence-electron chi connectivity index (χ2n) is 7.61. The van der Waals surface area contributed by atoms with Gasteiger partial charge in [0.2, 0.25) is 5.95 Å². The molecule has 0 radical (unpaired) electrons. The Morgan fingerprint density at radius 3 is 2.62 bits per heavy atom. The number of pyridine rings is 1. The summed E-state index contributed by atoms with van der Waals surface area (Å²) in [5.74, 6) is 1.93. The van der Waals surface area contributed by atoms with Crippen molar-refractivity contribution in [2.45, 2.75) is 32.2 Å². The lowest BCUT2D eigenvalue weighted by atomic mass is 9.76. The molecule has 0 amide bonds. The molecule has 0 saturated carbocycles. The smallest absolute Gasteiger partial charge is 0.225 e. The maximum absolute atomic E-state index is 5.50. The molecule has 2 aromatic rings. The minimum absolute atomic E-state index is 0.322. The third-order valence-corrected chi connectivity index (χ3v) is 5.80. The fourth-order valence-corrected chi connectivity index (χ4v) is 4.46. The standard InChI is InChI=1S/C20H27N5O/c1-16-5-3-6-18(23-16)24-11-7-20(8-12-24)13-17(14-26-2)25(15-20)19-21-9-4-10-22-19/h3-6,9-10,17H,7-8,11-15H2,1-2H3/t17-/m0/s1. The second-order valence-corrected chi connectivity index (χ2v) is 7.61. The predicted octanol–water partition coefficient (Wildman–Crippen LogP) is 2.69. The molecule has 0 bridgehead atoms. The summed E-state index contributed by atoms with van der Waals surface area (Å²) in [6, 6.07) is 8.50. The molecule has 2 saturated heterocycles. The average Bonchev–Trinajstić information content (AvgIpc) is 3.01. The fraction of sp³-hybridized carbons (Fsp3) is 0.550. The third kappa shape index (κ3) is 3.38. The van der Waals surface area contributed by atoms with E-state index in [1.807, 2.05) is 18.5 Å². The Morgan fingerprint density at radius 1 is 1.15 bits per heavy atom. The number of aryl methyl sites for hydroxylation is 1. The Balaban J connectivity index is 1.48. The Bertz CT molecular complexity index is 730. The first kappa shape index (κ1) is 17.2. The van der Waals surface area contributed by atoms with Gasteiger partial charge >= 0.3 is 0 Å². The lowest BCUT2D eigenvalue weighted by Crippen LogP contribution is -2.42. The molecule has 1 atom stereocenters. The van der Waals surface area contributed by atoms with Gasteiger partial charge in [0.05, 0.1) is 12.6 Å². The predicted molar refractivity (Wildman–Crippen MR) is 103 cm³/mol. The summed E-state index contributed by atoms with van der Waals surface area (Å²) in [7, 11) is 1.78. The van der Waals surface area contributed by atoms with Crippen molar-refractivity contribution in [2.24, 2.45) is 5.41 Å². The van der Waals surface area contributed by atoms with E-state index in [1.165, 1.54) is 12.8 Å². The summed E-state index contributed by atoms with van der Waals surface area (Å²) in [6.45, 7) is 5.90. The van der Waals surface area contributed by atoms with Crippen molar-refractivity contribution >= 4 is 11.8 Å². The van der Waals surface area contributed by atoms with Crippen molar-refractivity contribution in [3.8, 4) is 0 Å². The summed E-state index contributed by atoms with van der Waals surface area (Å²) in [6.07, 6.45) is 7.14. The zero-order valence-electron chi connectivity index (χ0n) is 15.6. The molecule has 2 fully saturated rings. The van der Waals surface area contributed by atoms with Crippen molar-refractivity contribution in [2.75, 3.05) is 43.2 Å². The molecule has 4 rings (SSSR count). The number of hydrogen-bond donors (Lipinski definition) is 0. The van der Waals surface area contributed by atoms with E-state index >= 15 is 0 Å². The fourth-order valence-electron chi connectivity index (χ4n) is 4.46. The average molecular weight is 353 g/mol. The number of nitrogens with zero attached hydrogens (tertiary/aromatic N) is 5. The number of hydrogen-bond acceptors (Lipinski definition) is 6. The van der Waals surface area contributed by atoms with Crippen LogP contribution in [0.1, 0.15) is 25.0 Å². The maximum Gasteiger partial charge on any atom is 0.225 e. The topological polar surface area (TPSA) is 54.4 Å². The molecular weight excluding hydrogens is 326 g/mol. The van der Waals surface area contributed by atoms with Gasteiger partial charge in [-0.05, 0) is 49.8 Å². The highest BCUT2D eigenvalue weighted by molar-refractivity contribution is 5.41. The summed E-state index contributed by atoms with van der Waals surface area (Å²) in [5, 5.41) is 0. The number of anilines is 2. The molecule has 0 unspecified atom stereocenters. The first-order valence-corrected chi connectivity index (χ1v) is 9.40. The van der Waals surface area contributed by atoms with Crippen LogP contribution in [-0.2, 0) is 4.74 Å². The van der Waals surface area contributed by atoms with E-state index < -0.39 is 0 Å². The molecule has 2 aliphatic heterocycles. The van der Waals surface area contributed by atoms with Gasteiger partial charge in [0.1, 0.15) is 5.82 Å². The molecular formula is C20H27N5O. The van der Waals surface area contributed by atoms with Crippen LogP contribution >= 0.6 is 0 Å². The van der Waals surface area contributed by atoms with E-state index in [0.717, 1.165) is 50.1 Å². The maximum atomic E-state index is 5.50. The van der Waals surface area contributed by atoms with E-state index in [4.69, 9.17) is 9.72 Å². The molecule has 0 aliphatic carbocycles. The molecule has 0 aromatic carbocycles. The molecule has 26 heavy (non-hydrogen) atoms. The molecule has 2 aliphatic rings. The molecule has 6 nitrogen and oxygen atoms in total. The molecule has 1 spiro atoms. The molecule has 6 heteroatoms. The summed E-state index contributed by atoms with van der Waals surface area (Å²) < 4.78 is 5.50. The van der Waals surface area contributed by atoms with E-state index in [0.29, 0.717) is 11.5 Å². The van der Waals surface area contributed by atoms with Crippen LogP contribution in [0.2, 0.25) is 0 Å². The summed E-state index contributed by atoms with van der Waals surface area (Å²) in [5.41, 5.74) is 1.40. The number of rotatable bonds is 4. The zero-order valence-corrected chi connectivity index (χ0v) is 15.6.